The Morgan fingerprint density at radius 3 is 1.70 bits per heavy atom. The molecule has 4 amide bonds. The maximum Gasteiger partial charge on any atom is 0.408 e. The van der Waals surface area contributed by atoms with Crippen LogP contribution < -0.4 is 26.0 Å². The second-order valence-electron chi connectivity index (χ2n) is 13.4. The number of methoxy groups -OCH3 is 1. The van der Waals surface area contributed by atoms with Crippen molar-refractivity contribution in [3.8, 4) is 5.75 Å². The molecule has 0 aliphatic carbocycles. The van der Waals surface area contributed by atoms with Crippen molar-refractivity contribution < 1.29 is 47.7 Å². The van der Waals surface area contributed by atoms with Crippen LogP contribution in [0.25, 0.3) is 0 Å². The van der Waals surface area contributed by atoms with E-state index < -0.39 is 71.8 Å². The summed E-state index contributed by atoms with van der Waals surface area (Å²) in [6, 6.07) is 2.97. The molecule has 0 unspecified atom stereocenters. The number of rotatable bonds is 13. The maximum atomic E-state index is 13.5. The monoisotopic (exact) mass is 650 g/mol. The molecular weight excluding hydrogens is 600 g/mol. The zero-order valence-electron chi connectivity index (χ0n) is 28.7. The molecule has 0 aromatic heterocycles. The first-order chi connectivity index (χ1) is 21.1. The van der Waals surface area contributed by atoms with Gasteiger partial charge in [-0.05, 0) is 71.1 Å². The number of carbonyl (C=O) groups is 6. The molecule has 0 saturated heterocycles. The molecule has 0 fully saturated rings. The van der Waals surface area contributed by atoms with Gasteiger partial charge in [0.2, 0.25) is 11.8 Å². The van der Waals surface area contributed by atoms with Crippen LogP contribution in [0.1, 0.15) is 74.8 Å². The largest absolute Gasteiger partial charge is 0.467 e. The first-order valence-corrected chi connectivity index (χ1v) is 15.1. The molecule has 0 aliphatic rings. The second kappa shape index (κ2) is 17.4. The van der Waals surface area contributed by atoms with Gasteiger partial charge in [-0.2, -0.15) is 0 Å². The van der Waals surface area contributed by atoms with Gasteiger partial charge in [0.05, 0.1) is 7.11 Å². The summed E-state index contributed by atoms with van der Waals surface area (Å²) >= 11 is 0. The third kappa shape index (κ3) is 15.1. The Balaban J connectivity index is 3.13. The highest BCUT2D eigenvalue weighted by molar-refractivity contribution is 5.93. The van der Waals surface area contributed by atoms with E-state index in [1.165, 1.54) is 19.2 Å². The van der Waals surface area contributed by atoms with Gasteiger partial charge in [0, 0.05) is 6.42 Å². The zero-order valence-corrected chi connectivity index (χ0v) is 28.7. The average Bonchev–Trinajstić information content (AvgIpc) is 2.91. The second-order valence-corrected chi connectivity index (χ2v) is 13.4. The fourth-order valence-corrected chi connectivity index (χ4v) is 3.87. The highest BCUT2D eigenvalue weighted by Gasteiger charge is 2.33. The van der Waals surface area contributed by atoms with E-state index in [1.807, 2.05) is 0 Å². The number of esters is 2. The van der Waals surface area contributed by atoms with Crippen LogP contribution in [-0.4, -0.2) is 78.9 Å². The summed E-state index contributed by atoms with van der Waals surface area (Å²) in [6.07, 6.45) is -1.58. The number of ether oxygens (including phenoxy) is 4. The number of hydrogen-bond acceptors (Lipinski definition) is 10. The number of alkyl carbamates (subject to hydrolysis) is 2. The summed E-state index contributed by atoms with van der Waals surface area (Å²) in [7, 11) is 1.21. The maximum absolute atomic E-state index is 13.5. The molecule has 14 nitrogen and oxygen atoms in total. The molecule has 4 N–H and O–H groups in total. The highest BCUT2D eigenvalue weighted by atomic mass is 16.6. The SMILES string of the molecule is COC(=O)[C@@H](NC(=O)[C@H](Cc1ccc(OC(=O)CNC(=O)OC(C)(C)C)cc1)NC(=O)[C@H](NC(=O)OC(C)(C)C)C(C)C)C(C)C. The minimum atomic E-state index is -1.17. The highest BCUT2D eigenvalue weighted by Crippen LogP contribution is 2.16. The van der Waals surface area contributed by atoms with Crippen molar-refractivity contribution >= 4 is 35.9 Å². The molecule has 1 rings (SSSR count). The Kier molecular flexibility index (Phi) is 15.0. The Morgan fingerprint density at radius 2 is 1.22 bits per heavy atom. The number of carbonyl (C=O) groups excluding carboxylic acids is 6. The minimum absolute atomic E-state index is 0.0186. The minimum Gasteiger partial charge on any atom is -0.467 e. The van der Waals surface area contributed by atoms with Gasteiger partial charge in [0.1, 0.15) is 41.6 Å². The Labute approximate surface area is 271 Å². The predicted molar refractivity (Wildman–Crippen MR) is 169 cm³/mol. The summed E-state index contributed by atoms with van der Waals surface area (Å²) in [5.74, 6) is -3.17. The van der Waals surface area contributed by atoms with Gasteiger partial charge in [-0.1, -0.05) is 39.8 Å². The van der Waals surface area contributed by atoms with Crippen molar-refractivity contribution in [1.29, 1.82) is 0 Å². The first-order valence-electron chi connectivity index (χ1n) is 15.1. The Bertz CT molecular complexity index is 1220. The molecule has 0 saturated carbocycles. The van der Waals surface area contributed by atoms with Crippen molar-refractivity contribution in [3.63, 3.8) is 0 Å². The molecule has 258 valence electrons. The molecule has 0 bridgehead atoms. The average molecular weight is 651 g/mol. The van der Waals surface area contributed by atoms with Crippen LogP contribution in [0.3, 0.4) is 0 Å². The van der Waals surface area contributed by atoms with E-state index in [4.69, 9.17) is 18.9 Å². The molecule has 1 aromatic carbocycles. The molecule has 0 heterocycles. The molecule has 0 radical (unpaired) electrons. The Hall–Kier alpha value is -4.36. The fourth-order valence-electron chi connectivity index (χ4n) is 3.87. The van der Waals surface area contributed by atoms with Crippen molar-refractivity contribution in [3.05, 3.63) is 29.8 Å². The smallest absolute Gasteiger partial charge is 0.408 e. The van der Waals surface area contributed by atoms with Crippen LogP contribution >= 0.6 is 0 Å². The third-order valence-corrected chi connectivity index (χ3v) is 6.04. The Morgan fingerprint density at radius 1 is 0.696 bits per heavy atom. The summed E-state index contributed by atoms with van der Waals surface area (Å²) in [5.41, 5.74) is -0.941. The van der Waals surface area contributed by atoms with Crippen LogP contribution in [0.15, 0.2) is 24.3 Å². The molecule has 3 atom stereocenters. The zero-order chi connectivity index (χ0) is 35.4. The van der Waals surface area contributed by atoms with E-state index in [0.717, 1.165) is 0 Å². The van der Waals surface area contributed by atoms with E-state index in [0.29, 0.717) is 5.56 Å². The lowest BCUT2D eigenvalue weighted by atomic mass is 9.99. The summed E-state index contributed by atoms with van der Waals surface area (Å²) in [5, 5.41) is 10.2. The summed E-state index contributed by atoms with van der Waals surface area (Å²) in [4.78, 5) is 75.7. The van der Waals surface area contributed by atoms with Crippen LogP contribution in [0.2, 0.25) is 0 Å². The lowest BCUT2D eigenvalue weighted by Gasteiger charge is -2.28. The van der Waals surface area contributed by atoms with E-state index in [2.05, 4.69) is 21.3 Å². The molecule has 0 aliphatic heterocycles. The molecule has 14 heteroatoms. The molecular formula is C32H50N4O10. The van der Waals surface area contributed by atoms with Crippen LogP contribution in [0.4, 0.5) is 9.59 Å². The standard InChI is InChI=1S/C32H50N4O10/c1-18(2)24(36-30(42)46-32(8,9)10)27(39)34-22(26(38)35-25(19(3)4)28(40)43-11)16-20-12-14-21(15-13-20)44-23(37)17-33-29(41)45-31(5,6)7/h12-15,18-19,22,24-25H,16-17H2,1-11H3,(H,33,41)(H,34,39)(H,35,38)(H,36,42)/t22-,24+,25-/m0/s1. The number of hydrogen-bond donors (Lipinski definition) is 4. The fraction of sp³-hybridized carbons (Fsp3) is 0.625. The van der Waals surface area contributed by atoms with E-state index in [9.17, 15) is 28.8 Å². The number of amides is 4. The summed E-state index contributed by atoms with van der Waals surface area (Å²) < 4.78 is 20.5. The van der Waals surface area contributed by atoms with Gasteiger partial charge in [0.15, 0.2) is 0 Å². The van der Waals surface area contributed by atoms with Gasteiger partial charge in [-0.3, -0.25) is 9.59 Å². The lowest BCUT2D eigenvalue weighted by Crippen LogP contribution is -2.58. The molecule has 1 aromatic rings. The third-order valence-electron chi connectivity index (χ3n) is 6.04. The first kappa shape index (κ1) is 39.7. The van der Waals surface area contributed by atoms with Crippen LogP contribution in [0, 0.1) is 11.8 Å². The van der Waals surface area contributed by atoms with E-state index in [-0.39, 0.29) is 24.0 Å². The predicted octanol–water partition coefficient (Wildman–Crippen LogP) is 3.01. The van der Waals surface area contributed by atoms with Crippen LogP contribution in [-0.2, 0) is 39.8 Å². The van der Waals surface area contributed by atoms with Crippen LogP contribution in [0.5, 0.6) is 5.75 Å². The van der Waals surface area contributed by atoms with Gasteiger partial charge >= 0.3 is 24.1 Å². The van der Waals surface area contributed by atoms with E-state index >= 15 is 0 Å². The van der Waals surface area contributed by atoms with Gasteiger partial charge < -0.3 is 40.2 Å². The normalized spacial score (nSPS) is 13.5. The topological polar surface area (TPSA) is 187 Å². The lowest BCUT2D eigenvalue weighted by molar-refractivity contribution is -0.146. The van der Waals surface area contributed by atoms with Crippen molar-refractivity contribution in [2.24, 2.45) is 11.8 Å². The quantitative estimate of drug-likeness (QED) is 0.140. The van der Waals surface area contributed by atoms with E-state index in [1.54, 1.807) is 81.4 Å². The van der Waals surface area contributed by atoms with Crippen molar-refractivity contribution in [1.82, 2.24) is 21.3 Å². The van der Waals surface area contributed by atoms with Crippen molar-refractivity contribution in [2.45, 2.75) is 105 Å². The van der Waals surface area contributed by atoms with Gasteiger partial charge in [-0.25, -0.2) is 19.2 Å². The number of nitrogens with one attached hydrogen (secondary N) is 4. The molecule has 0 spiro atoms. The van der Waals surface area contributed by atoms with Gasteiger partial charge in [0.25, 0.3) is 0 Å². The molecule has 46 heavy (non-hydrogen) atoms. The van der Waals surface area contributed by atoms with Crippen molar-refractivity contribution in [2.75, 3.05) is 13.7 Å². The summed E-state index contributed by atoms with van der Waals surface area (Å²) in [6.45, 7) is 16.7. The van der Waals surface area contributed by atoms with Gasteiger partial charge in [-0.15, -0.1) is 0 Å². The number of benzene rings is 1.